The summed E-state index contributed by atoms with van der Waals surface area (Å²) in [6.45, 7) is 2.58. The van der Waals surface area contributed by atoms with Crippen LogP contribution in [0.2, 0.25) is 0 Å². The molecule has 2 nitrogen and oxygen atoms in total. The van der Waals surface area contributed by atoms with Crippen LogP contribution in [0, 0.1) is 0 Å². The number of unbranched alkanes of at least 4 members (excludes halogenated alkanes) is 1. The van der Waals surface area contributed by atoms with Gasteiger partial charge in [0.25, 0.3) is 0 Å². The van der Waals surface area contributed by atoms with Crippen LogP contribution in [0.1, 0.15) is 12.8 Å². The fraction of sp³-hybridized carbons (Fsp3) is 1.00. The van der Waals surface area contributed by atoms with Gasteiger partial charge in [0.05, 0.1) is 55.4 Å². The largest absolute Gasteiger partial charge is 1.00 e. The van der Waals surface area contributed by atoms with E-state index in [9.17, 15) is 0 Å². The quantitative estimate of drug-likeness (QED) is 0.337. The second-order valence-electron chi connectivity index (χ2n) is 5.73. The van der Waals surface area contributed by atoms with Gasteiger partial charge in [0.1, 0.15) is 0 Å². The number of hydrogen-bond acceptors (Lipinski definition) is 0. The molecule has 4 heteroatoms. The van der Waals surface area contributed by atoms with E-state index in [4.69, 9.17) is 0 Å². The third kappa shape index (κ3) is 18.3. The zero-order valence-electron chi connectivity index (χ0n) is 10.5. The summed E-state index contributed by atoms with van der Waals surface area (Å²) in [4.78, 5) is 0. The van der Waals surface area contributed by atoms with Crippen LogP contribution in [0.3, 0.4) is 0 Å². The highest BCUT2D eigenvalue weighted by Gasteiger charge is 2.09. The topological polar surface area (TPSA) is 0 Å². The predicted molar refractivity (Wildman–Crippen MR) is 55.0 cm³/mol. The lowest BCUT2D eigenvalue weighted by Gasteiger charge is -2.26. The van der Waals surface area contributed by atoms with Crippen LogP contribution in [0.4, 0.5) is 0 Å². The third-order valence-corrected chi connectivity index (χ3v) is 1.91. The van der Waals surface area contributed by atoms with E-state index >= 15 is 0 Å². The molecule has 0 amide bonds. The summed E-state index contributed by atoms with van der Waals surface area (Å²) < 4.78 is 2.19. The Kier molecular flexibility index (Phi) is 11.1. The van der Waals surface area contributed by atoms with Gasteiger partial charge in [0, 0.05) is 12.8 Å². The summed E-state index contributed by atoms with van der Waals surface area (Å²) in [5, 5.41) is 0. The fourth-order valence-corrected chi connectivity index (χ4v) is 1.17. The second kappa shape index (κ2) is 7.75. The summed E-state index contributed by atoms with van der Waals surface area (Å²) in [7, 11) is 13.5. The van der Waals surface area contributed by atoms with Crippen molar-refractivity contribution < 1.29 is 33.8 Å². The van der Waals surface area contributed by atoms with E-state index in [2.05, 4.69) is 42.3 Å². The van der Waals surface area contributed by atoms with E-state index in [-0.39, 0.29) is 24.8 Å². The van der Waals surface area contributed by atoms with Crippen molar-refractivity contribution in [3.8, 4) is 0 Å². The van der Waals surface area contributed by atoms with E-state index in [0.29, 0.717) is 0 Å². The lowest BCUT2D eigenvalue weighted by molar-refractivity contribution is -0.877. The van der Waals surface area contributed by atoms with Gasteiger partial charge in [-0.2, -0.15) is 0 Å². The molecule has 90 valence electrons. The van der Waals surface area contributed by atoms with Gasteiger partial charge >= 0.3 is 0 Å². The summed E-state index contributed by atoms with van der Waals surface area (Å²) in [6, 6.07) is 0. The third-order valence-electron chi connectivity index (χ3n) is 1.91. The molecule has 0 saturated carbocycles. The molecular formula is C10H26Cl2N2. The SMILES string of the molecule is C[N+](C)(C)CCCC[N+](C)(C)C.[Cl-].[Cl-]. The summed E-state index contributed by atoms with van der Waals surface area (Å²) >= 11 is 0. The highest BCUT2D eigenvalue weighted by atomic mass is 35.5. The second-order valence-corrected chi connectivity index (χ2v) is 5.73. The molecule has 0 aliphatic carbocycles. The van der Waals surface area contributed by atoms with Crippen molar-refractivity contribution in [3.63, 3.8) is 0 Å². The molecule has 0 unspecified atom stereocenters. The van der Waals surface area contributed by atoms with Gasteiger partial charge in [-0.25, -0.2) is 0 Å². The molecule has 0 aliphatic rings. The molecule has 0 radical (unpaired) electrons. The van der Waals surface area contributed by atoms with Crippen LogP contribution in [-0.2, 0) is 0 Å². The normalized spacial score (nSPS) is 11.6. The van der Waals surface area contributed by atoms with Crippen molar-refractivity contribution in [2.24, 2.45) is 0 Å². The molecule has 0 fully saturated rings. The zero-order chi connectivity index (χ0) is 9.83. The maximum atomic E-state index is 2.26. The molecule has 0 saturated heterocycles. The van der Waals surface area contributed by atoms with Crippen molar-refractivity contribution in [2.75, 3.05) is 55.4 Å². The van der Waals surface area contributed by atoms with E-state index < -0.39 is 0 Å². The van der Waals surface area contributed by atoms with Crippen molar-refractivity contribution in [1.82, 2.24) is 0 Å². The van der Waals surface area contributed by atoms with Crippen LogP contribution < -0.4 is 24.8 Å². The number of quaternary nitrogens is 2. The molecule has 0 heterocycles. The van der Waals surface area contributed by atoms with Gasteiger partial charge < -0.3 is 33.8 Å². The van der Waals surface area contributed by atoms with Crippen LogP contribution in [0.25, 0.3) is 0 Å². The Morgan fingerprint density at radius 2 is 0.786 bits per heavy atom. The smallest absolute Gasteiger partial charge is 0.0782 e. The average molecular weight is 245 g/mol. The van der Waals surface area contributed by atoms with Gasteiger partial charge in [-0.15, -0.1) is 0 Å². The first-order chi connectivity index (χ1) is 5.21. The maximum Gasteiger partial charge on any atom is 0.0782 e. The Bertz CT molecular complexity index is 109. The van der Waals surface area contributed by atoms with E-state index in [0.717, 1.165) is 8.97 Å². The summed E-state index contributed by atoms with van der Waals surface area (Å²) in [5.41, 5.74) is 0. The van der Waals surface area contributed by atoms with Gasteiger partial charge in [0.2, 0.25) is 0 Å². The van der Waals surface area contributed by atoms with Crippen LogP contribution in [0.5, 0.6) is 0 Å². The lowest BCUT2D eigenvalue weighted by atomic mass is 10.2. The zero-order valence-corrected chi connectivity index (χ0v) is 12.0. The van der Waals surface area contributed by atoms with Gasteiger partial charge in [-0.3, -0.25) is 0 Å². The monoisotopic (exact) mass is 244 g/mol. The Labute approximate surface area is 102 Å². The van der Waals surface area contributed by atoms with Crippen LogP contribution in [0.15, 0.2) is 0 Å². The first-order valence-electron chi connectivity index (χ1n) is 4.82. The minimum Gasteiger partial charge on any atom is -1.00 e. The number of halogens is 2. The molecule has 0 N–H and O–H groups in total. The Balaban J connectivity index is -0.000000605. The molecule has 0 aliphatic heterocycles. The van der Waals surface area contributed by atoms with Gasteiger partial charge in [0.15, 0.2) is 0 Å². The summed E-state index contributed by atoms with van der Waals surface area (Å²) in [5.74, 6) is 0. The standard InChI is InChI=1S/C10H26N2.2ClH/c1-11(2,3)9-7-8-10-12(4,5)6;;/h7-10H2,1-6H3;2*1H/q+2;;/p-2. The van der Waals surface area contributed by atoms with Crippen molar-refractivity contribution in [2.45, 2.75) is 12.8 Å². The van der Waals surface area contributed by atoms with E-state index in [1.54, 1.807) is 0 Å². The first kappa shape index (κ1) is 20.0. The van der Waals surface area contributed by atoms with Crippen LogP contribution >= 0.6 is 0 Å². The summed E-state index contributed by atoms with van der Waals surface area (Å²) in [6.07, 6.45) is 2.69. The number of nitrogens with zero attached hydrogens (tertiary/aromatic N) is 2. The van der Waals surface area contributed by atoms with Gasteiger partial charge in [-0.1, -0.05) is 0 Å². The first-order valence-corrected chi connectivity index (χ1v) is 4.82. The molecule has 0 aromatic carbocycles. The highest BCUT2D eigenvalue weighted by Crippen LogP contribution is 2.00. The van der Waals surface area contributed by atoms with Crippen molar-refractivity contribution in [1.29, 1.82) is 0 Å². The van der Waals surface area contributed by atoms with Crippen molar-refractivity contribution >= 4 is 0 Å². The average Bonchev–Trinajstić information content (AvgIpc) is 1.76. The van der Waals surface area contributed by atoms with Crippen molar-refractivity contribution in [3.05, 3.63) is 0 Å². The molecule has 0 aromatic heterocycles. The number of rotatable bonds is 5. The molecule has 0 atom stereocenters. The lowest BCUT2D eigenvalue weighted by Crippen LogP contribution is -3.00. The van der Waals surface area contributed by atoms with Gasteiger partial charge in [-0.05, 0) is 0 Å². The number of hydrogen-bond donors (Lipinski definition) is 0. The van der Waals surface area contributed by atoms with Crippen LogP contribution in [-0.4, -0.2) is 64.3 Å². The molecule has 0 bridgehead atoms. The molecule has 14 heavy (non-hydrogen) atoms. The molecular weight excluding hydrogens is 219 g/mol. The minimum atomic E-state index is 0. The Hall–Kier alpha value is 0.500. The maximum absolute atomic E-state index is 2.26. The highest BCUT2D eigenvalue weighted by molar-refractivity contribution is 4.37. The molecule has 0 aromatic rings. The molecule has 0 rings (SSSR count). The Morgan fingerprint density at radius 3 is 0.929 bits per heavy atom. The van der Waals surface area contributed by atoms with E-state index in [1.165, 1.54) is 25.9 Å². The minimum absolute atomic E-state index is 0. The molecule has 0 spiro atoms. The fourth-order valence-electron chi connectivity index (χ4n) is 1.17. The predicted octanol–water partition coefficient (Wildman–Crippen LogP) is -4.81. The Morgan fingerprint density at radius 1 is 0.571 bits per heavy atom. The van der Waals surface area contributed by atoms with E-state index in [1.807, 2.05) is 0 Å².